The highest BCUT2D eigenvalue weighted by molar-refractivity contribution is 5.77. The van der Waals surface area contributed by atoms with Crippen LogP contribution in [0.25, 0.3) is 11.0 Å². The number of benzene rings is 2. The smallest absolute Gasteiger partial charge is 0.220 e. The van der Waals surface area contributed by atoms with Crippen molar-refractivity contribution in [3.63, 3.8) is 0 Å². The van der Waals surface area contributed by atoms with Gasteiger partial charge < -0.3 is 19.8 Å². The lowest BCUT2D eigenvalue weighted by molar-refractivity contribution is -0.122. The molecule has 0 aliphatic heterocycles. The van der Waals surface area contributed by atoms with Gasteiger partial charge in [0.25, 0.3) is 0 Å². The number of aromatic nitrogens is 2. The molecule has 0 aliphatic rings. The van der Waals surface area contributed by atoms with Crippen molar-refractivity contribution < 1.29 is 14.3 Å². The van der Waals surface area contributed by atoms with E-state index in [1.54, 1.807) is 0 Å². The van der Waals surface area contributed by atoms with Crippen molar-refractivity contribution in [2.24, 2.45) is 5.92 Å². The Labute approximate surface area is 178 Å². The number of nitrogens with one attached hydrogen (secondary N) is 2. The number of nitrogens with zero attached hydrogens (tertiary/aromatic N) is 1. The Hall–Kier alpha value is -3.02. The Balaban J connectivity index is 1.55. The number of para-hydroxylation sites is 4. The molecule has 1 amide bonds. The van der Waals surface area contributed by atoms with Crippen molar-refractivity contribution in [3.05, 3.63) is 54.4 Å². The van der Waals surface area contributed by atoms with Gasteiger partial charge in [0.1, 0.15) is 5.82 Å². The third-order valence-electron chi connectivity index (χ3n) is 5.19. The van der Waals surface area contributed by atoms with Gasteiger partial charge in [-0.25, -0.2) is 4.98 Å². The van der Waals surface area contributed by atoms with E-state index in [2.05, 4.69) is 29.1 Å². The largest absolute Gasteiger partial charge is 0.490 e. The van der Waals surface area contributed by atoms with E-state index in [1.807, 2.05) is 55.5 Å². The molecule has 0 fully saturated rings. The first-order valence-electron chi connectivity index (χ1n) is 10.7. The summed E-state index contributed by atoms with van der Waals surface area (Å²) in [5.41, 5.74) is 1.90. The summed E-state index contributed by atoms with van der Waals surface area (Å²) >= 11 is 0. The van der Waals surface area contributed by atoms with Gasteiger partial charge >= 0.3 is 0 Å². The molecule has 160 valence electrons. The van der Waals surface area contributed by atoms with Crippen LogP contribution in [-0.4, -0.2) is 29.1 Å². The average molecular weight is 410 g/mol. The van der Waals surface area contributed by atoms with Crippen molar-refractivity contribution >= 4 is 16.9 Å². The van der Waals surface area contributed by atoms with Gasteiger partial charge in [0.2, 0.25) is 5.91 Å². The molecule has 0 saturated heterocycles. The molecule has 6 nitrogen and oxygen atoms in total. The maximum atomic E-state index is 12.6. The van der Waals surface area contributed by atoms with Crippen LogP contribution >= 0.6 is 0 Å². The fourth-order valence-electron chi connectivity index (χ4n) is 3.34. The molecule has 3 rings (SSSR count). The van der Waals surface area contributed by atoms with Crippen molar-refractivity contribution in [2.45, 2.75) is 46.1 Å². The number of amides is 1. The Kier molecular flexibility index (Phi) is 7.71. The molecule has 3 aromatic rings. The second-order valence-corrected chi connectivity index (χ2v) is 7.40. The van der Waals surface area contributed by atoms with Gasteiger partial charge in [0, 0.05) is 6.42 Å². The lowest BCUT2D eigenvalue weighted by Crippen LogP contribution is -2.33. The molecule has 1 aromatic heterocycles. The third-order valence-corrected chi connectivity index (χ3v) is 5.19. The minimum absolute atomic E-state index is 0.00227. The van der Waals surface area contributed by atoms with Gasteiger partial charge in [-0.3, -0.25) is 4.79 Å². The Bertz CT molecular complexity index is 921. The quantitative estimate of drug-likeness (QED) is 0.436. The molecule has 0 radical (unpaired) electrons. The molecule has 0 spiro atoms. The summed E-state index contributed by atoms with van der Waals surface area (Å²) in [4.78, 5) is 20.7. The standard InChI is InChI=1S/C24H31N3O3/c1-4-17(3)23(24-25-18-11-6-7-12-19(18)26-24)27-22(28)15-10-16-30-21-14-9-8-13-20(21)29-5-2/h6-9,11-14,17,23H,4-5,10,15-16H2,1-3H3,(H,25,26)(H,27,28)/t17-,23-/m0/s1. The van der Waals surface area contributed by atoms with E-state index in [9.17, 15) is 4.79 Å². The van der Waals surface area contributed by atoms with Gasteiger partial charge in [-0.1, -0.05) is 44.5 Å². The minimum atomic E-state index is -0.144. The monoisotopic (exact) mass is 409 g/mol. The summed E-state index contributed by atoms with van der Waals surface area (Å²) in [5.74, 6) is 2.51. The molecular formula is C24H31N3O3. The normalized spacial score (nSPS) is 13.0. The molecule has 2 N–H and O–H groups in total. The Morgan fingerprint density at radius 1 is 1.07 bits per heavy atom. The van der Waals surface area contributed by atoms with E-state index in [-0.39, 0.29) is 17.9 Å². The highest BCUT2D eigenvalue weighted by Crippen LogP contribution is 2.27. The van der Waals surface area contributed by atoms with Crippen LogP contribution in [0.4, 0.5) is 0 Å². The molecule has 2 atom stereocenters. The second-order valence-electron chi connectivity index (χ2n) is 7.40. The van der Waals surface area contributed by atoms with Crippen LogP contribution in [0.5, 0.6) is 11.5 Å². The molecule has 0 aliphatic carbocycles. The van der Waals surface area contributed by atoms with Crippen LogP contribution < -0.4 is 14.8 Å². The van der Waals surface area contributed by atoms with E-state index < -0.39 is 0 Å². The average Bonchev–Trinajstić information content (AvgIpc) is 3.19. The van der Waals surface area contributed by atoms with Crippen molar-refractivity contribution in [1.82, 2.24) is 15.3 Å². The van der Waals surface area contributed by atoms with Crippen LogP contribution in [0.15, 0.2) is 48.5 Å². The van der Waals surface area contributed by atoms with E-state index in [1.165, 1.54) is 0 Å². The number of aromatic amines is 1. The van der Waals surface area contributed by atoms with E-state index in [0.29, 0.717) is 31.8 Å². The highest BCUT2D eigenvalue weighted by atomic mass is 16.5. The van der Waals surface area contributed by atoms with E-state index in [0.717, 1.165) is 29.0 Å². The number of rotatable bonds is 11. The zero-order chi connectivity index (χ0) is 21.3. The van der Waals surface area contributed by atoms with Crippen molar-refractivity contribution in [2.75, 3.05) is 13.2 Å². The van der Waals surface area contributed by atoms with Crippen LogP contribution in [0.1, 0.15) is 51.9 Å². The van der Waals surface area contributed by atoms with Gasteiger partial charge in [-0.2, -0.15) is 0 Å². The predicted octanol–water partition coefficient (Wildman–Crippen LogP) is 5.02. The lowest BCUT2D eigenvalue weighted by atomic mass is 9.98. The second kappa shape index (κ2) is 10.7. The zero-order valence-electron chi connectivity index (χ0n) is 18.0. The van der Waals surface area contributed by atoms with Crippen LogP contribution in [0.3, 0.4) is 0 Å². The first-order chi connectivity index (χ1) is 14.6. The molecule has 0 bridgehead atoms. The number of hydrogen-bond donors (Lipinski definition) is 2. The molecule has 30 heavy (non-hydrogen) atoms. The molecule has 0 unspecified atom stereocenters. The lowest BCUT2D eigenvalue weighted by Gasteiger charge is -2.22. The SMILES string of the molecule is CCOc1ccccc1OCCCC(=O)N[C@H](c1nc2ccccc2[nH]1)[C@@H](C)CC. The first-order valence-corrected chi connectivity index (χ1v) is 10.7. The van der Waals surface area contributed by atoms with Gasteiger partial charge in [0.05, 0.1) is 30.3 Å². The summed E-state index contributed by atoms with van der Waals surface area (Å²) < 4.78 is 11.4. The summed E-state index contributed by atoms with van der Waals surface area (Å²) in [7, 11) is 0. The number of carbonyl (C=O) groups is 1. The number of imidazole rings is 1. The predicted molar refractivity (Wildman–Crippen MR) is 119 cm³/mol. The maximum absolute atomic E-state index is 12.6. The van der Waals surface area contributed by atoms with Gasteiger partial charge in [-0.05, 0) is 43.5 Å². The fourth-order valence-corrected chi connectivity index (χ4v) is 3.34. The minimum Gasteiger partial charge on any atom is -0.490 e. The fraction of sp³-hybridized carbons (Fsp3) is 0.417. The first kappa shape index (κ1) is 21.7. The summed E-state index contributed by atoms with van der Waals surface area (Å²) in [6.45, 7) is 7.23. The Morgan fingerprint density at radius 3 is 2.47 bits per heavy atom. The summed E-state index contributed by atoms with van der Waals surface area (Å²) in [6.07, 6.45) is 1.96. The number of hydrogen-bond acceptors (Lipinski definition) is 4. The zero-order valence-corrected chi connectivity index (χ0v) is 18.0. The molecular weight excluding hydrogens is 378 g/mol. The van der Waals surface area contributed by atoms with Gasteiger partial charge in [-0.15, -0.1) is 0 Å². The number of fused-ring (bicyclic) bond motifs is 1. The topological polar surface area (TPSA) is 76.2 Å². The highest BCUT2D eigenvalue weighted by Gasteiger charge is 2.23. The number of ether oxygens (including phenoxy) is 2. The van der Waals surface area contributed by atoms with Crippen molar-refractivity contribution in [1.29, 1.82) is 0 Å². The summed E-state index contributed by atoms with van der Waals surface area (Å²) in [6, 6.07) is 15.4. The third kappa shape index (κ3) is 5.53. The van der Waals surface area contributed by atoms with Crippen molar-refractivity contribution in [3.8, 4) is 11.5 Å². The Morgan fingerprint density at radius 2 is 1.77 bits per heavy atom. The number of H-pyrrole nitrogens is 1. The number of carbonyl (C=O) groups excluding carboxylic acids is 1. The van der Waals surface area contributed by atoms with Crippen LogP contribution in [0, 0.1) is 5.92 Å². The van der Waals surface area contributed by atoms with E-state index >= 15 is 0 Å². The molecule has 6 heteroatoms. The molecule has 0 saturated carbocycles. The summed E-state index contributed by atoms with van der Waals surface area (Å²) in [5, 5.41) is 3.16. The maximum Gasteiger partial charge on any atom is 0.220 e. The molecule has 2 aromatic carbocycles. The molecule has 1 heterocycles. The van der Waals surface area contributed by atoms with E-state index in [4.69, 9.17) is 9.47 Å². The van der Waals surface area contributed by atoms with Gasteiger partial charge in [0.15, 0.2) is 11.5 Å². The van der Waals surface area contributed by atoms with Crippen LogP contribution in [-0.2, 0) is 4.79 Å². The van der Waals surface area contributed by atoms with Crippen LogP contribution in [0.2, 0.25) is 0 Å².